The van der Waals surface area contributed by atoms with Crippen LogP contribution in [0, 0.1) is 34.3 Å². The van der Waals surface area contributed by atoms with E-state index in [1.54, 1.807) is 36.4 Å². The summed E-state index contributed by atoms with van der Waals surface area (Å²) in [5.74, 6) is -1.36. The molecule has 0 heterocycles. The summed E-state index contributed by atoms with van der Waals surface area (Å²) in [6.45, 7) is 0.0771. The van der Waals surface area contributed by atoms with Crippen molar-refractivity contribution >= 4 is 6.08 Å². The van der Waals surface area contributed by atoms with E-state index in [4.69, 9.17) is 15.3 Å². The van der Waals surface area contributed by atoms with Gasteiger partial charge in [0.25, 0.3) is 0 Å². The average molecular weight is 296 g/mol. The monoisotopic (exact) mass is 296 g/mol. The Balaban J connectivity index is 2.06. The number of benzene rings is 2. The van der Waals surface area contributed by atoms with E-state index in [0.29, 0.717) is 5.56 Å². The Morgan fingerprint density at radius 2 is 1.73 bits per heavy atom. The minimum absolute atomic E-state index is 0.00540. The van der Waals surface area contributed by atoms with Crippen molar-refractivity contribution in [1.29, 1.82) is 10.5 Å². The lowest BCUT2D eigenvalue weighted by atomic mass is 10.1. The molecule has 0 radical (unpaired) electrons. The van der Waals surface area contributed by atoms with Crippen LogP contribution in [0.25, 0.3) is 6.08 Å². The maximum absolute atomic E-state index is 13.4. The van der Waals surface area contributed by atoms with E-state index in [9.17, 15) is 8.78 Å². The quantitative estimate of drug-likeness (QED) is 0.802. The minimum Gasteiger partial charge on any atom is -0.486 e. The molecule has 0 aliphatic carbocycles. The number of hydrogen-bond donors (Lipinski definition) is 0. The average Bonchev–Trinajstić information content (AvgIpc) is 2.54. The van der Waals surface area contributed by atoms with Crippen LogP contribution in [0.1, 0.15) is 11.1 Å². The highest BCUT2D eigenvalue weighted by Gasteiger charge is 2.05. The van der Waals surface area contributed by atoms with Crippen LogP contribution in [0.15, 0.2) is 48.0 Å². The number of nitriles is 2. The SMILES string of the molecule is N#CC(C#N)=Cc1ccc(COc2cc(F)ccc2F)cc1. The normalized spacial score (nSPS) is 9.45. The molecule has 0 bridgehead atoms. The lowest BCUT2D eigenvalue weighted by Gasteiger charge is -2.07. The molecular weight excluding hydrogens is 286 g/mol. The molecule has 3 nitrogen and oxygen atoms in total. The van der Waals surface area contributed by atoms with Crippen LogP contribution in [0.5, 0.6) is 5.75 Å². The fraction of sp³-hybridized carbons (Fsp3) is 0.0588. The maximum atomic E-state index is 13.4. The molecule has 5 heteroatoms. The van der Waals surface area contributed by atoms with Gasteiger partial charge in [0.1, 0.15) is 30.1 Å². The summed E-state index contributed by atoms with van der Waals surface area (Å²) in [6, 6.07) is 13.4. The predicted octanol–water partition coefficient (Wildman–Crippen LogP) is 3.97. The number of hydrogen-bond acceptors (Lipinski definition) is 3. The molecule has 2 aromatic carbocycles. The van der Waals surface area contributed by atoms with Crippen LogP contribution in [-0.2, 0) is 6.61 Å². The largest absolute Gasteiger partial charge is 0.486 e. The van der Waals surface area contributed by atoms with E-state index in [2.05, 4.69) is 0 Å². The summed E-state index contributed by atoms with van der Waals surface area (Å²) in [4.78, 5) is 0. The Hall–Kier alpha value is -3.18. The second kappa shape index (κ2) is 7.01. The zero-order valence-corrected chi connectivity index (χ0v) is 11.4. The van der Waals surface area contributed by atoms with Crippen LogP contribution in [0.4, 0.5) is 8.78 Å². The number of allylic oxidation sites excluding steroid dienone is 1. The van der Waals surface area contributed by atoms with Crippen LogP contribution in [0.3, 0.4) is 0 Å². The molecule has 0 spiro atoms. The van der Waals surface area contributed by atoms with Gasteiger partial charge in [-0.05, 0) is 29.3 Å². The van der Waals surface area contributed by atoms with Crippen LogP contribution in [0.2, 0.25) is 0 Å². The highest BCUT2D eigenvalue weighted by molar-refractivity contribution is 5.61. The van der Waals surface area contributed by atoms with Crippen molar-refractivity contribution in [2.45, 2.75) is 6.61 Å². The zero-order valence-electron chi connectivity index (χ0n) is 11.4. The van der Waals surface area contributed by atoms with Gasteiger partial charge in [-0.3, -0.25) is 0 Å². The van der Waals surface area contributed by atoms with E-state index in [0.717, 1.165) is 23.8 Å². The standard InChI is InChI=1S/C17H10F2N2O/c18-15-5-6-16(19)17(8-15)22-11-13-3-1-12(2-4-13)7-14(9-20)10-21/h1-8H,11H2. The third-order valence-electron chi connectivity index (χ3n) is 2.82. The van der Waals surface area contributed by atoms with E-state index in [-0.39, 0.29) is 17.9 Å². The molecule has 0 atom stereocenters. The van der Waals surface area contributed by atoms with Crippen LogP contribution in [-0.4, -0.2) is 0 Å². The molecule has 0 aliphatic heterocycles. The Labute approximate surface area is 126 Å². The lowest BCUT2D eigenvalue weighted by Crippen LogP contribution is -1.98. The maximum Gasteiger partial charge on any atom is 0.165 e. The van der Waals surface area contributed by atoms with E-state index in [1.807, 2.05) is 0 Å². The van der Waals surface area contributed by atoms with Gasteiger partial charge in [0.05, 0.1) is 0 Å². The number of nitrogens with zero attached hydrogens (tertiary/aromatic N) is 2. The first-order chi connectivity index (χ1) is 10.6. The first-order valence-corrected chi connectivity index (χ1v) is 6.31. The molecule has 0 saturated heterocycles. The highest BCUT2D eigenvalue weighted by atomic mass is 19.1. The smallest absolute Gasteiger partial charge is 0.165 e. The van der Waals surface area contributed by atoms with Crippen molar-refractivity contribution in [2.75, 3.05) is 0 Å². The summed E-state index contributed by atoms with van der Waals surface area (Å²) in [5.41, 5.74) is 1.45. The molecule has 0 amide bonds. The molecular formula is C17H10F2N2O. The molecule has 0 unspecified atom stereocenters. The fourth-order valence-electron chi connectivity index (χ4n) is 1.72. The molecule has 0 N–H and O–H groups in total. The Morgan fingerprint density at radius 1 is 1.05 bits per heavy atom. The molecule has 0 aliphatic rings. The first kappa shape index (κ1) is 15.2. The summed E-state index contributed by atoms with van der Waals surface area (Å²) >= 11 is 0. The van der Waals surface area contributed by atoms with Gasteiger partial charge in [-0.15, -0.1) is 0 Å². The van der Waals surface area contributed by atoms with Gasteiger partial charge in [0, 0.05) is 6.07 Å². The second-order valence-corrected chi connectivity index (χ2v) is 4.39. The van der Waals surface area contributed by atoms with Gasteiger partial charge in [-0.2, -0.15) is 10.5 Å². The van der Waals surface area contributed by atoms with Gasteiger partial charge in [0.15, 0.2) is 11.6 Å². The molecule has 108 valence electrons. The summed E-state index contributed by atoms with van der Waals surface area (Å²) in [7, 11) is 0. The Bertz CT molecular complexity index is 768. The molecule has 0 saturated carbocycles. The molecule has 2 rings (SSSR count). The predicted molar refractivity (Wildman–Crippen MR) is 76.3 cm³/mol. The van der Waals surface area contributed by atoms with Crippen molar-refractivity contribution in [3.05, 3.63) is 70.8 Å². The van der Waals surface area contributed by atoms with Crippen LogP contribution < -0.4 is 4.74 Å². The van der Waals surface area contributed by atoms with Gasteiger partial charge in [-0.1, -0.05) is 24.3 Å². The van der Waals surface area contributed by atoms with Crippen molar-refractivity contribution in [3.63, 3.8) is 0 Å². The van der Waals surface area contributed by atoms with Gasteiger partial charge in [-0.25, -0.2) is 8.78 Å². The van der Waals surface area contributed by atoms with Crippen molar-refractivity contribution in [1.82, 2.24) is 0 Å². The van der Waals surface area contributed by atoms with Gasteiger partial charge >= 0.3 is 0 Å². The number of halogens is 2. The van der Waals surface area contributed by atoms with Crippen molar-refractivity contribution in [2.24, 2.45) is 0 Å². The third-order valence-corrected chi connectivity index (χ3v) is 2.82. The molecule has 2 aromatic rings. The molecule has 0 aromatic heterocycles. The number of rotatable bonds is 4. The van der Waals surface area contributed by atoms with Gasteiger partial charge in [0.2, 0.25) is 0 Å². The second-order valence-electron chi connectivity index (χ2n) is 4.39. The summed E-state index contributed by atoms with van der Waals surface area (Å²) in [5, 5.41) is 17.3. The summed E-state index contributed by atoms with van der Waals surface area (Å²) < 4.78 is 31.6. The molecule has 0 fully saturated rings. The summed E-state index contributed by atoms with van der Waals surface area (Å²) in [6.07, 6.45) is 1.46. The number of ether oxygens (including phenoxy) is 1. The topological polar surface area (TPSA) is 56.8 Å². The van der Waals surface area contributed by atoms with E-state index < -0.39 is 11.6 Å². The zero-order chi connectivity index (χ0) is 15.9. The Kier molecular flexibility index (Phi) is 4.85. The van der Waals surface area contributed by atoms with Gasteiger partial charge < -0.3 is 4.74 Å². The molecule has 22 heavy (non-hydrogen) atoms. The fourth-order valence-corrected chi connectivity index (χ4v) is 1.72. The van der Waals surface area contributed by atoms with Crippen molar-refractivity contribution in [3.8, 4) is 17.9 Å². The highest BCUT2D eigenvalue weighted by Crippen LogP contribution is 2.19. The Morgan fingerprint density at radius 3 is 2.36 bits per heavy atom. The lowest BCUT2D eigenvalue weighted by molar-refractivity contribution is 0.288. The first-order valence-electron chi connectivity index (χ1n) is 6.31. The minimum atomic E-state index is -0.631. The van der Waals surface area contributed by atoms with Crippen LogP contribution >= 0.6 is 0 Å². The van der Waals surface area contributed by atoms with E-state index >= 15 is 0 Å². The third kappa shape index (κ3) is 3.91. The van der Waals surface area contributed by atoms with E-state index in [1.165, 1.54) is 6.08 Å². The van der Waals surface area contributed by atoms with Crippen molar-refractivity contribution < 1.29 is 13.5 Å².